The first-order chi connectivity index (χ1) is 25.9. The van der Waals surface area contributed by atoms with Crippen molar-refractivity contribution < 1.29 is 32.2 Å². The van der Waals surface area contributed by atoms with Gasteiger partial charge in [0.2, 0.25) is 5.89 Å². The Hall–Kier alpha value is -5.44. The fourth-order valence-electron chi connectivity index (χ4n) is 7.80. The zero-order valence-electron chi connectivity index (χ0n) is 30.5. The van der Waals surface area contributed by atoms with E-state index in [4.69, 9.17) is 14.1 Å². The minimum absolute atomic E-state index is 0.0354. The van der Waals surface area contributed by atoms with Crippen LogP contribution in [-0.4, -0.2) is 59.1 Å². The summed E-state index contributed by atoms with van der Waals surface area (Å²) in [6, 6.07) is 20.2. The summed E-state index contributed by atoms with van der Waals surface area (Å²) in [6.07, 6.45) is 1.35. The van der Waals surface area contributed by atoms with Gasteiger partial charge in [0.25, 0.3) is 0 Å². The van der Waals surface area contributed by atoms with E-state index < -0.39 is 23.6 Å². The zero-order chi connectivity index (χ0) is 38.1. The smallest absolute Gasteiger partial charge is 0.417 e. The van der Waals surface area contributed by atoms with Crippen molar-refractivity contribution >= 4 is 29.2 Å². The van der Waals surface area contributed by atoms with Crippen molar-refractivity contribution in [2.24, 2.45) is 5.92 Å². The van der Waals surface area contributed by atoms with Gasteiger partial charge in [0.1, 0.15) is 17.3 Å². The molecule has 0 aliphatic carbocycles. The maximum absolute atomic E-state index is 14.4. The minimum atomic E-state index is -4.54. The van der Waals surface area contributed by atoms with Gasteiger partial charge in [-0.05, 0) is 122 Å². The number of nitrogens with zero attached hydrogens (tertiary/aromatic N) is 4. The summed E-state index contributed by atoms with van der Waals surface area (Å²) in [5.41, 5.74) is 7.12. The van der Waals surface area contributed by atoms with Crippen LogP contribution < -0.4 is 4.74 Å². The number of aliphatic carboxylic acids is 1. The zero-order valence-corrected chi connectivity index (χ0v) is 30.5. The summed E-state index contributed by atoms with van der Waals surface area (Å²) >= 11 is 0. The monoisotopic (exact) mass is 734 g/mol. The van der Waals surface area contributed by atoms with Crippen molar-refractivity contribution in [2.75, 3.05) is 33.3 Å². The molecule has 278 valence electrons. The highest BCUT2D eigenvalue weighted by atomic mass is 19.4. The van der Waals surface area contributed by atoms with Gasteiger partial charge in [0.15, 0.2) is 5.58 Å². The second-order valence-electron chi connectivity index (χ2n) is 14.2. The number of ether oxygens (including phenoxy) is 1. The molecule has 4 aromatic carbocycles. The Morgan fingerprint density at radius 2 is 1.67 bits per heavy atom. The van der Waals surface area contributed by atoms with E-state index in [9.17, 15) is 28.3 Å². The second-order valence-corrected chi connectivity index (χ2v) is 14.2. The molecule has 11 heteroatoms. The van der Waals surface area contributed by atoms with Crippen LogP contribution >= 0.6 is 0 Å². The number of halogens is 3. The average Bonchev–Trinajstić information content (AvgIpc) is 3.93. The molecule has 2 aliphatic rings. The SMILES string of the molecule is COc1cc(/C=C/c2cccc(-c3cccc(-c4nc5cc(CN6CC[C@@H](C(=O)O)C6)cc(C#N)c5o4)c3C)c2C)c(C(F)(F)F)cc1CN1CCCC1. The third-order valence-corrected chi connectivity index (χ3v) is 10.7. The predicted molar refractivity (Wildman–Crippen MR) is 202 cm³/mol. The standard InChI is InChI=1S/C43H41F3N4O4/c1-26-29(12-13-30-21-39(53-3)33(20-37(30)43(44,45)46)25-49-15-4-5-16-49)8-6-9-34(26)35-10-7-11-36(27(35)2)41-48-38-19-28(18-32(22-47)40(38)54-41)23-50-17-14-31(24-50)42(51)52/h6-13,18-21,31H,4-5,14-17,23-25H2,1-3H3,(H,51,52)/b13-12+/t31-/m1/s1. The molecule has 1 aromatic heterocycles. The van der Waals surface area contributed by atoms with Crippen molar-refractivity contribution in [3.05, 3.63) is 105 Å². The highest BCUT2D eigenvalue weighted by molar-refractivity contribution is 5.86. The number of oxazole rings is 1. The number of alkyl halides is 3. The van der Waals surface area contributed by atoms with Crippen LogP contribution in [0.15, 0.2) is 65.1 Å². The molecular weight excluding hydrogens is 693 g/mol. The number of rotatable bonds is 10. The molecule has 0 amide bonds. The third kappa shape index (κ3) is 7.49. The number of nitriles is 1. The Balaban J connectivity index is 1.19. The topological polar surface area (TPSA) is 103 Å². The molecule has 0 bridgehead atoms. The summed E-state index contributed by atoms with van der Waals surface area (Å²) in [5, 5.41) is 19.4. The molecule has 0 spiro atoms. The lowest BCUT2D eigenvalue weighted by atomic mass is 9.91. The maximum atomic E-state index is 14.4. The van der Waals surface area contributed by atoms with Crippen LogP contribution in [0.4, 0.5) is 13.2 Å². The molecule has 8 nitrogen and oxygen atoms in total. The predicted octanol–water partition coefficient (Wildman–Crippen LogP) is 9.35. The number of hydrogen-bond acceptors (Lipinski definition) is 7. The largest absolute Gasteiger partial charge is 0.496 e. The van der Waals surface area contributed by atoms with Gasteiger partial charge in [-0.15, -0.1) is 0 Å². The first kappa shape index (κ1) is 36.9. The van der Waals surface area contributed by atoms with Gasteiger partial charge < -0.3 is 14.3 Å². The number of likely N-dealkylation sites (tertiary alicyclic amines) is 2. The van der Waals surface area contributed by atoms with Crippen LogP contribution in [0, 0.1) is 31.1 Å². The van der Waals surface area contributed by atoms with Gasteiger partial charge in [0.05, 0.1) is 24.2 Å². The van der Waals surface area contributed by atoms with Crippen LogP contribution in [0.2, 0.25) is 0 Å². The molecule has 0 saturated carbocycles. The summed E-state index contributed by atoms with van der Waals surface area (Å²) in [6.45, 7) is 7.68. The van der Waals surface area contributed by atoms with E-state index in [1.54, 1.807) is 12.1 Å². The summed E-state index contributed by atoms with van der Waals surface area (Å²) in [4.78, 5) is 20.5. The molecule has 0 radical (unpaired) electrons. The lowest BCUT2D eigenvalue weighted by Gasteiger charge is -2.20. The lowest BCUT2D eigenvalue weighted by Crippen LogP contribution is -2.22. The molecule has 2 fully saturated rings. The highest BCUT2D eigenvalue weighted by Crippen LogP contribution is 2.39. The number of methoxy groups -OCH3 is 1. The second kappa shape index (κ2) is 15.1. The van der Waals surface area contributed by atoms with Crippen LogP contribution in [0.5, 0.6) is 5.75 Å². The van der Waals surface area contributed by atoms with Crippen LogP contribution in [0.25, 0.3) is 45.8 Å². The maximum Gasteiger partial charge on any atom is 0.417 e. The Bertz CT molecular complexity index is 2300. The van der Waals surface area contributed by atoms with Crippen molar-refractivity contribution in [2.45, 2.75) is 52.4 Å². The van der Waals surface area contributed by atoms with Gasteiger partial charge in [-0.3, -0.25) is 14.6 Å². The number of carbonyl (C=O) groups is 1. The van der Waals surface area contributed by atoms with Gasteiger partial charge in [0, 0.05) is 30.8 Å². The van der Waals surface area contributed by atoms with Crippen molar-refractivity contribution in [1.29, 1.82) is 5.26 Å². The van der Waals surface area contributed by atoms with E-state index in [0.29, 0.717) is 66.5 Å². The molecule has 3 heterocycles. The molecule has 7 rings (SSSR count). The summed E-state index contributed by atoms with van der Waals surface area (Å²) in [7, 11) is 1.49. The first-order valence-electron chi connectivity index (χ1n) is 18.1. The van der Waals surface area contributed by atoms with Crippen molar-refractivity contribution in [3.63, 3.8) is 0 Å². The number of benzene rings is 4. The van der Waals surface area contributed by atoms with Gasteiger partial charge >= 0.3 is 12.1 Å². The Kier molecular flexibility index (Phi) is 10.3. The lowest BCUT2D eigenvalue weighted by molar-refractivity contribution is -0.141. The van der Waals surface area contributed by atoms with E-state index in [-0.39, 0.29) is 5.56 Å². The van der Waals surface area contributed by atoms with Gasteiger partial charge in [-0.1, -0.05) is 42.5 Å². The number of carboxylic acid groups (broad SMARTS) is 1. The molecule has 54 heavy (non-hydrogen) atoms. The summed E-state index contributed by atoms with van der Waals surface area (Å²) in [5.74, 6) is -0.394. The number of aromatic nitrogens is 1. The van der Waals surface area contributed by atoms with Crippen molar-refractivity contribution in [1.82, 2.24) is 14.8 Å². The molecule has 1 N–H and O–H groups in total. The van der Waals surface area contributed by atoms with E-state index in [0.717, 1.165) is 64.9 Å². The number of fused-ring (bicyclic) bond motifs is 1. The molecule has 1 atom stereocenters. The molecule has 2 aliphatic heterocycles. The Morgan fingerprint density at radius 3 is 2.35 bits per heavy atom. The van der Waals surface area contributed by atoms with Crippen LogP contribution in [0.3, 0.4) is 0 Å². The van der Waals surface area contributed by atoms with Crippen LogP contribution in [-0.2, 0) is 24.1 Å². The fraction of sp³-hybridized carbons (Fsp3) is 0.326. The first-order valence-corrected chi connectivity index (χ1v) is 18.1. The normalized spacial score (nSPS) is 16.8. The summed E-state index contributed by atoms with van der Waals surface area (Å²) < 4.78 is 55.0. The fourth-order valence-corrected chi connectivity index (χ4v) is 7.80. The molecule has 0 unspecified atom stereocenters. The van der Waals surface area contributed by atoms with Gasteiger partial charge in [-0.25, -0.2) is 4.98 Å². The number of carboxylic acids is 1. The highest BCUT2D eigenvalue weighted by Gasteiger charge is 2.34. The van der Waals surface area contributed by atoms with E-state index >= 15 is 0 Å². The van der Waals surface area contributed by atoms with Crippen molar-refractivity contribution in [3.8, 4) is 34.4 Å². The molecule has 2 saturated heterocycles. The average molecular weight is 735 g/mol. The van der Waals surface area contributed by atoms with E-state index in [2.05, 4.69) is 15.9 Å². The van der Waals surface area contributed by atoms with E-state index in [1.165, 1.54) is 25.3 Å². The Morgan fingerprint density at radius 1 is 0.963 bits per heavy atom. The minimum Gasteiger partial charge on any atom is -0.496 e. The molecule has 5 aromatic rings. The van der Waals surface area contributed by atoms with Gasteiger partial charge in [-0.2, -0.15) is 18.4 Å². The quantitative estimate of drug-likeness (QED) is 0.142. The number of hydrogen-bond donors (Lipinski definition) is 1. The van der Waals surface area contributed by atoms with Crippen LogP contribution in [0.1, 0.15) is 63.8 Å². The Labute approximate surface area is 312 Å². The third-order valence-electron chi connectivity index (χ3n) is 10.7. The molecular formula is C43H41F3N4O4. The van der Waals surface area contributed by atoms with E-state index in [1.807, 2.05) is 56.3 Å².